The molecule has 1 saturated carbocycles. The van der Waals surface area contributed by atoms with Crippen LogP contribution in [0, 0.1) is 5.92 Å². The summed E-state index contributed by atoms with van der Waals surface area (Å²) in [5, 5.41) is 7.79. The quantitative estimate of drug-likeness (QED) is 0.872. The molecule has 0 bridgehead atoms. The minimum atomic E-state index is 0.122. The van der Waals surface area contributed by atoms with E-state index in [0.717, 1.165) is 37.1 Å². The number of rotatable bonds is 6. The van der Waals surface area contributed by atoms with Gasteiger partial charge in [0.15, 0.2) is 6.39 Å². The number of oxazole rings is 1. The molecule has 1 saturated heterocycles. The number of nitrogens with one attached hydrogen (secondary N) is 1. The van der Waals surface area contributed by atoms with Crippen molar-refractivity contribution in [2.75, 3.05) is 6.54 Å². The van der Waals surface area contributed by atoms with Gasteiger partial charge >= 0.3 is 0 Å². The summed E-state index contributed by atoms with van der Waals surface area (Å²) in [5.74, 6) is 0.679. The second kappa shape index (κ2) is 6.39. The zero-order valence-corrected chi connectivity index (χ0v) is 13.9. The van der Waals surface area contributed by atoms with Crippen LogP contribution < -0.4 is 5.32 Å². The monoisotopic (exact) mass is 329 g/mol. The first kappa shape index (κ1) is 15.4. The highest BCUT2D eigenvalue weighted by Gasteiger charge is 2.44. The molecule has 2 aromatic heterocycles. The Morgan fingerprint density at radius 1 is 1.38 bits per heavy atom. The summed E-state index contributed by atoms with van der Waals surface area (Å²) in [6, 6.07) is 0.540. The van der Waals surface area contributed by atoms with E-state index in [0.29, 0.717) is 30.8 Å². The van der Waals surface area contributed by atoms with Crippen molar-refractivity contribution in [2.24, 2.45) is 13.0 Å². The Labute approximate surface area is 141 Å². The van der Waals surface area contributed by atoms with Gasteiger partial charge in [-0.2, -0.15) is 5.10 Å². The number of piperidine rings is 1. The summed E-state index contributed by atoms with van der Waals surface area (Å²) in [5.41, 5.74) is 2.05. The number of likely N-dealkylation sites (tertiary alicyclic amines) is 1. The predicted molar refractivity (Wildman–Crippen MR) is 86.8 cm³/mol. The van der Waals surface area contributed by atoms with Crippen LogP contribution in [0.2, 0.25) is 0 Å². The molecule has 4 rings (SSSR count). The van der Waals surface area contributed by atoms with Crippen LogP contribution in [0.3, 0.4) is 0 Å². The Morgan fingerprint density at radius 2 is 2.25 bits per heavy atom. The van der Waals surface area contributed by atoms with Gasteiger partial charge in [0, 0.05) is 44.4 Å². The molecule has 1 aliphatic heterocycles. The van der Waals surface area contributed by atoms with Crippen molar-refractivity contribution < 1.29 is 9.21 Å². The SMILES string of the molecule is Cn1cc([C@@H]2[C@@H](CNCc3cocn3)CCC(=O)N2C2CC2)cn1. The van der Waals surface area contributed by atoms with Gasteiger partial charge in [-0.1, -0.05) is 0 Å². The molecule has 0 spiro atoms. The molecule has 1 N–H and O–H groups in total. The molecule has 2 aromatic rings. The Balaban J connectivity index is 1.50. The molecular weight excluding hydrogens is 306 g/mol. The second-order valence-electron chi connectivity index (χ2n) is 6.83. The van der Waals surface area contributed by atoms with Gasteiger partial charge in [0.25, 0.3) is 0 Å². The molecule has 0 radical (unpaired) electrons. The maximum atomic E-state index is 12.5. The van der Waals surface area contributed by atoms with E-state index in [1.807, 2.05) is 24.1 Å². The Morgan fingerprint density at radius 3 is 2.92 bits per heavy atom. The zero-order chi connectivity index (χ0) is 16.5. The van der Waals surface area contributed by atoms with Gasteiger partial charge in [-0.15, -0.1) is 0 Å². The number of nitrogens with zero attached hydrogens (tertiary/aromatic N) is 4. The van der Waals surface area contributed by atoms with E-state index >= 15 is 0 Å². The fourth-order valence-electron chi connectivity index (χ4n) is 3.71. The van der Waals surface area contributed by atoms with Crippen LogP contribution in [-0.4, -0.2) is 38.2 Å². The van der Waals surface area contributed by atoms with Gasteiger partial charge in [0.2, 0.25) is 5.91 Å². The summed E-state index contributed by atoms with van der Waals surface area (Å²) >= 11 is 0. The first-order valence-electron chi connectivity index (χ1n) is 8.60. The Bertz CT molecular complexity index is 692. The van der Waals surface area contributed by atoms with E-state index in [1.54, 1.807) is 6.26 Å². The zero-order valence-electron chi connectivity index (χ0n) is 13.9. The van der Waals surface area contributed by atoms with Crippen LogP contribution in [-0.2, 0) is 18.4 Å². The fourth-order valence-corrected chi connectivity index (χ4v) is 3.71. The summed E-state index contributed by atoms with van der Waals surface area (Å²) in [7, 11) is 1.92. The summed E-state index contributed by atoms with van der Waals surface area (Å²) in [4.78, 5) is 18.8. The van der Waals surface area contributed by atoms with Crippen molar-refractivity contribution in [1.82, 2.24) is 25.0 Å². The van der Waals surface area contributed by atoms with E-state index < -0.39 is 0 Å². The highest BCUT2D eigenvalue weighted by Crippen LogP contribution is 2.43. The van der Waals surface area contributed by atoms with Crippen LogP contribution in [0.15, 0.2) is 29.5 Å². The Hall–Kier alpha value is -2.15. The number of amides is 1. The van der Waals surface area contributed by atoms with Gasteiger partial charge < -0.3 is 14.6 Å². The highest BCUT2D eigenvalue weighted by atomic mass is 16.3. The van der Waals surface area contributed by atoms with Gasteiger partial charge in [-0.25, -0.2) is 4.98 Å². The molecule has 2 atom stereocenters. The minimum Gasteiger partial charge on any atom is -0.451 e. The molecule has 7 nitrogen and oxygen atoms in total. The lowest BCUT2D eigenvalue weighted by Gasteiger charge is -2.41. The molecule has 2 aliphatic rings. The third-order valence-corrected chi connectivity index (χ3v) is 4.97. The minimum absolute atomic E-state index is 0.122. The molecule has 3 heterocycles. The van der Waals surface area contributed by atoms with Gasteiger partial charge in [0.05, 0.1) is 17.9 Å². The normalized spacial score (nSPS) is 24.5. The average molecular weight is 329 g/mol. The third kappa shape index (κ3) is 3.08. The highest BCUT2D eigenvalue weighted by molar-refractivity contribution is 5.78. The number of carbonyl (C=O) groups excluding carboxylic acids is 1. The second-order valence-corrected chi connectivity index (χ2v) is 6.83. The third-order valence-electron chi connectivity index (χ3n) is 4.97. The maximum Gasteiger partial charge on any atom is 0.223 e. The van der Waals surface area contributed by atoms with Crippen molar-refractivity contribution in [2.45, 2.75) is 44.3 Å². The van der Waals surface area contributed by atoms with Crippen LogP contribution in [0.1, 0.15) is 43.0 Å². The van der Waals surface area contributed by atoms with Crippen LogP contribution >= 0.6 is 0 Å². The smallest absolute Gasteiger partial charge is 0.223 e. The Kier molecular flexibility index (Phi) is 4.10. The maximum absolute atomic E-state index is 12.5. The lowest BCUT2D eigenvalue weighted by Crippen LogP contribution is -2.46. The molecule has 1 amide bonds. The number of aromatic nitrogens is 3. The summed E-state index contributed by atoms with van der Waals surface area (Å²) in [6.07, 6.45) is 10.9. The lowest BCUT2D eigenvalue weighted by atomic mass is 9.85. The molecule has 0 unspecified atom stereocenters. The first-order chi connectivity index (χ1) is 11.7. The van der Waals surface area contributed by atoms with Crippen molar-refractivity contribution in [3.63, 3.8) is 0 Å². The van der Waals surface area contributed by atoms with Crippen molar-refractivity contribution in [1.29, 1.82) is 0 Å². The van der Waals surface area contributed by atoms with E-state index in [-0.39, 0.29) is 6.04 Å². The van der Waals surface area contributed by atoms with E-state index in [4.69, 9.17) is 4.42 Å². The van der Waals surface area contributed by atoms with Crippen LogP contribution in [0.25, 0.3) is 0 Å². The summed E-state index contributed by atoms with van der Waals surface area (Å²) in [6.45, 7) is 1.53. The fraction of sp³-hybridized carbons (Fsp3) is 0.588. The molecule has 2 fully saturated rings. The lowest BCUT2D eigenvalue weighted by molar-refractivity contribution is -0.139. The number of hydrogen-bond acceptors (Lipinski definition) is 5. The molecule has 1 aliphatic carbocycles. The van der Waals surface area contributed by atoms with Crippen molar-refractivity contribution in [3.8, 4) is 0 Å². The number of aryl methyl sites for hydroxylation is 1. The molecule has 128 valence electrons. The molecule has 0 aromatic carbocycles. The van der Waals surface area contributed by atoms with E-state index in [1.165, 1.54) is 6.39 Å². The number of carbonyl (C=O) groups is 1. The largest absolute Gasteiger partial charge is 0.451 e. The average Bonchev–Trinajstić information content (AvgIpc) is 3.09. The van der Waals surface area contributed by atoms with Gasteiger partial charge in [-0.3, -0.25) is 9.48 Å². The molecular formula is C17H23N5O2. The van der Waals surface area contributed by atoms with Gasteiger partial charge in [-0.05, 0) is 25.2 Å². The van der Waals surface area contributed by atoms with E-state index in [9.17, 15) is 4.79 Å². The van der Waals surface area contributed by atoms with Crippen molar-refractivity contribution in [3.05, 3.63) is 36.3 Å². The predicted octanol–water partition coefficient (Wildman–Crippen LogP) is 1.64. The number of hydrogen-bond donors (Lipinski definition) is 1. The molecule has 7 heteroatoms. The summed E-state index contributed by atoms with van der Waals surface area (Å²) < 4.78 is 6.82. The van der Waals surface area contributed by atoms with Crippen LogP contribution in [0.5, 0.6) is 0 Å². The van der Waals surface area contributed by atoms with E-state index in [2.05, 4.69) is 20.3 Å². The van der Waals surface area contributed by atoms with Crippen LogP contribution in [0.4, 0.5) is 0 Å². The van der Waals surface area contributed by atoms with Crippen molar-refractivity contribution >= 4 is 5.91 Å². The van der Waals surface area contributed by atoms with Gasteiger partial charge in [0.1, 0.15) is 6.26 Å². The standard InChI is InChI=1S/C17H23N5O2/c1-21-9-13(7-20-21)17-12(6-18-8-14-10-24-11-19-14)2-5-16(23)22(17)15-3-4-15/h7,9-12,15,17-18H,2-6,8H2,1H3/t12-,17+/m1/s1. The molecule has 24 heavy (non-hydrogen) atoms. The topological polar surface area (TPSA) is 76.2 Å². The first-order valence-corrected chi connectivity index (χ1v) is 8.60.